The molecule has 9 heteroatoms. The normalized spacial score (nSPS) is 11.1. The quantitative estimate of drug-likeness (QED) is 0.397. The standard InChI is InChI=1S/C20H16ClNO5S2/c1-22(15-7-3-2-4-8-15)29(25,26)16-9-5-6-14(12-16)20(24)27-13-17(23)18-10-11-19(21)28-18/h2-12H,13H2,1H3. The second-order valence-electron chi connectivity index (χ2n) is 5.94. The maximum atomic E-state index is 12.9. The number of para-hydroxylation sites is 1. The monoisotopic (exact) mass is 449 g/mol. The van der Waals surface area contributed by atoms with Crippen LogP contribution in [0.4, 0.5) is 5.69 Å². The van der Waals surface area contributed by atoms with Crippen molar-refractivity contribution in [2.45, 2.75) is 4.90 Å². The van der Waals surface area contributed by atoms with Crippen LogP contribution in [0.1, 0.15) is 20.0 Å². The fraction of sp³-hybridized carbons (Fsp3) is 0.100. The molecule has 1 heterocycles. The Hall–Kier alpha value is -2.68. The Labute approximate surface area is 177 Å². The molecule has 0 atom stereocenters. The van der Waals surface area contributed by atoms with E-state index in [0.717, 1.165) is 15.6 Å². The van der Waals surface area contributed by atoms with Crippen molar-refractivity contribution in [3.8, 4) is 0 Å². The fourth-order valence-corrected chi connectivity index (χ4v) is 4.68. The lowest BCUT2D eigenvalue weighted by molar-refractivity contribution is 0.0475. The van der Waals surface area contributed by atoms with Gasteiger partial charge in [0.15, 0.2) is 6.61 Å². The van der Waals surface area contributed by atoms with Crippen LogP contribution in [0.15, 0.2) is 71.6 Å². The van der Waals surface area contributed by atoms with Crippen molar-refractivity contribution in [3.05, 3.63) is 81.5 Å². The van der Waals surface area contributed by atoms with Crippen LogP contribution < -0.4 is 4.31 Å². The van der Waals surface area contributed by atoms with Gasteiger partial charge in [-0.05, 0) is 42.5 Å². The third kappa shape index (κ3) is 4.84. The second-order valence-corrected chi connectivity index (χ2v) is 9.62. The number of hydrogen-bond donors (Lipinski definition) is 0. The van der Waals surface area contributed by atoms with Gasteiger partial charge in [-0.1, -0.05) is 35.9 Å². The van der Waals surface area contributed by atoms with Gasteiger partial charge in [0.1, 0.15) is 0 Å². The Balaban J connectivity index is 1.74. The number of sulfonamides is 1. The number of Topliss-reactive ketones (excluding diaryl/α,β-unsaturated/α-hetero) is 1. The summed E-state index contributed by atoms with van der Waals surface area (Å²) >= 11 is 6.88. The van der Waals surface area contributed by atoms with E-state index in [1.807, 2.05) is 0 Å². The third-order valence-electron chi connectivity index (χ3n) is 4.03. The van der Waals surface area contributed by atoms with Gasteiger partial charge in [0.05, 0.1) is 25.4 Å². The summed E-state index contributed by atoms with van der Waals surface area (Å²) in [5, 5.41) is 0. The van der Waals surface area contributed by atoms with Crippen molar-refractivity contribution in [1.29, 1.82) is 0 Å². The molecule has 0 spiro atoms. The molecule has 0 aliphatic rings. The first-order chi connectivity index (χ1) is 13.8. The van der Waals surface area contributed by atoms with Crippen LogP contribution in [0, 0.1) is 0 Å². The van der Waals surface area contributed by atoms with Gasteiger partial charge in [-0.25, -0.2) is 13.2 Å². The molecule has 0 radical (unpaired) electrons. The number of thiophene rings is 1. The van der Waals surface area contributed by atoms with E-state index in [1.165, 1.54) is 31.3 Å². The third-order valence-corrected chi connectivity index (χ3v) is 7.08. The van der Waals surface area contributed by atoms with Crippen LogP contribution in [-0.4, -0.2) is 33.8 Å². The van der Waals surface area contributed by atoms with Gasteiger partial charge in [-0.15, -0.1) is 11.3 Å². The first-order valence-electron chi connectivity index (χ1n) is 8.39. The fourth-order valence-electron chi connectivity index (χ4n) is 2.47. The molecule has 0 aliphatic heterocycles. The molecule has 0 saturated heterocycles. The molecule has 2 aromatic carbocycles. The molecule has 29 heavy (non-hydrogen) atoms. The Kier molecular flexibility index (Phi) is 6.36. The van der Waals surface area contributed by atoms with Crippen molar-refractivity contribution < 1.29 is 22.7 Å². The van der Waals surface area contributed by atoms with Gasteiger partial charge in [-0.3, -0.25) is 9.10 Å². The molecular weight excluding hydrogens is 434 g/mol. The average Bonchev–Trinajstić information content (AvgIpc) is 3.18. The lowest BCUT2D eigenvalue weighted by atomic mass is 10.2. The predicted molar refractivity (Wildman–Crippen MR) is 112 cm³/mol. The molecule has 0 fully saturated rings. The summed E-state index contributed by atoms with van der Waals surface area (Å²) in [6.45, 7) is -0.462. The van der Waals surface area contributed by atoms with Crippen LogP contribution in [0.2, 0.25) is 4.34 Å². The minimum Gasteiger partial charge on any atom is -0.454 e. The highest BCUT2D eigenvalue weighted by Crippen LogP contribution is 2.23. The zero-order valence-corrected chi connectivity index (χ0v) is 17.6. The van der Waals surface area contributed by atoms with E-state index >= 15 is 0 Å². The van der Waals surface area contributed by atoms with Gasteiger partial charge < -0.3 is 4.74 Å². The highest BCUT2D eigenvalue weighted by Gasteiger charge is 2.23. The van der Waals surface area contributed by atoms with Gasteiger partial charge in [0, 0.05) is 7.05 Å². The van der Waals surface area contributed by atoms with E-state index in [0.29, 0.717) is 14.9 Å². The Morgan fingerprint density at radius 3 is 2.41 bits per heavy atom. The molecule has 0 unspecified atom stereocenters. The highest BCUT2D eigenvalue weighted by molar-refractivity contribution is 7.92. The van der Waals surface area contributed by atoms with E-state index in [9.17, 15) is 18.0 Å². The van der Waals surface area contributed by atoms with Crippen LogP contribution in [0.5, 0.6) is 0 Å². The number of ether oxygens (including phenoxy) is 1. The SMILES string of the molecule is CN(c1ccccc1)S(=O)(=O)c1cccc(C(=O)OCC(=O)c2ccc(Cl)s2)c1. The van der Waals surface area contributed by atoms with Crippen LogP contribution >= 0.6 is 22.9 Å². The number of halogens is 1. The van der Waals surface area contributed by atoms with E-state index in [1.54, 1.807) is 42.5 Å². The lowest BCUT2D eigenvalue weighted by Gasteiger charge is -2.19. The van der Waals surface area contributed by atoms with Gasteiger partial charge in [0.25, 0.3) is 10.0 Å². The number of carbonyl (C=O) groups excluding carboxylic acids is 2. The number of benzene rings is 2. The number of hydrogen-bond acceptors (Lipinski definition) is 6. The van der Waals surface area contributed by atoms with E-state index < -0.39 is 22.6 Å². The molecule has 150 valence electrons. The van der Waals surface area contributed by atoms with E-state index in [4.69, 9.17) is 16.3 Å². The summed E-state index contributed by atoms with van der Waals surface area (Å²) in [5.74, 6) is -1.18. The van der Waals surface area contributed by atoms with Gasteiger partial charge in [0.2, 0.25) is 5.78 Å². The van der Waals surface area contributed by atoms with Crippen molar-refractivity contribution in [1.82, 2.24) is 0 Å². The molecule has 1 aromatic heterocycles. The van der Waals surface area contributed by atoms with Crippen molar-refractivity contribution in [2.24, 2.45) is 0 Å². The summed E-state index contributed by atoms with van der Waals surface area (Å²) in [6, 6.07) is 17.2. The first kappa shape index (κ1) is 21.0. The number of anilines is 1. The average molecular weight is 450 g/mol. The summed E-state index contributed by atoms with van der Waals surface area (Å²) in [6.07, 6.45) is 0. The lowest BCUT2D eigenvalue weighted by Crippen LogP contribution is -2.26. The molecular formula is C20H16ClNO5S2. The smallest absolute Gasteiger partial charge is 0.338 e. The first-order valence-corrected chi connectivity index (χ1v) is 11.0. The topological polar surface area (TPSA) is 80.8 Å². The second kappa shape index (κ2) is 8.77. The zero-order valence-electron chi connectivity index (χ0n) is 15.2. The van der Waals surface area contributed by atoms with Crippen LogP contribution in [0.3, 0.4) is 0 Å². The number of esters is 1. The minimum absolute atomic E-state index is 0.0320. The molecule has 0 N–H and O–H groups in total. The minimum atomic E-state index is -3.87. The van der Waals surface area contributed by atoms with Crippen molar-refractivity contribution >= 4 is 50.4 Å². The largest absolute Gasteiger partial charge is 0.454 e. The molecule has 3 aromatic rings. The molecule has 6 nitrogen and oxygen atoms in total. The van der Waals surface area contributed by atoms with E-state index in [-0.39, 0.29) is 16.2 Å². The molecule has 0 bridgehead atoms. The summed E-state index contributed by atoms with van der Waals surface area (Å²) < 4.78 is 32.4. The number of carbonyl (C=O) groups is 2. The van der Waals surface area contributed by atoms with E-state index in [2.05, 4.69) is 0 Å². The van der Waals surface area contributed by atoms with Gasteiger partial charge in [-0.2, -0.15) is 0 Å². The number of rotatable bonds is 7. The summed E-state index contributed by atoms with van der Waals surface area (Å²) in [4.78, 5) is 24.7. The predicted octanol–water partition coefficient (Wildman–Crippen LogP) is 4.27. The van der Waals surface area contributed by atoms with Crippen molar-refractivity contribution in [3.63, 3.8) is 0 Å². The van der Waals surface area contributed by atoms with Crippen molar-refractivity contribution in [2.75, 3.05) is 18.0 Å². The molecule has 3 rings (SSSR count). The molecule has 0 saturated carbocycles. The summed E-state index contributed by atoms with van der Waals surface area (Å²) in [7, 11) is -2.44. The highest BCUT2D eigenvalue weighted by atomic mass is 35.5. The Bertz CT molecular complexity index is 1140. The Morgan fingerprint density at radius 1 is 1.03 bits per heavy atom. The number of nitrogens with zero attached hydrogens (tertiary/aromatic N) is 1. The van der Waals surface area contributed by atoms with Crippen LogP contribution in [-0.2, 0) is 14.8 Å². The Morgan fingerprint density at radius 2 is 1.76 bits per heavy atom. The number of ketones is 1. The summed E-state index contributed by atoms with van der Waals surface area (Å²) in [5.41, 5.74) is 0.519. The zero-order chi connectivity index (χ0) is 21.0. The maximum Gasteiger partial charge on any atom is 0.338 e. The van der Waals surface area contributed by atoms with Gasteiger partial charge >= 0.3 is 5.97 Å². The molecule has 0 aliphatic carbocycles. The molecule has 0 amide bonds. The van der Waals surface area contributed by atoms with Crippen LogP contribution in [0.25, 0.3) is 0 Å². The maximum absolute atomic E-state index is 12.9.